The van der Waals surface area contributed by atoms with E-state index in [9.17, 15) is 13.0 Å². The summed E-state index contributed by atoms with van der Waals surface area (Å²) in [5.74, 6) is -1.46. The van der Waals surface area contributed by atoms with Gasteiger partial charge in [-0.15, -0.1) is 4.40 Å². The van der Waals surface area contributed by atoms with Crippen LogP contribution in [0.25, 0.3) is 0 Å². The van der Waals surface area contributed by atoms with Crippen LogP contribution >= 0.6 is 19.2 Å². The molecule has 0 saturated heterocycles. The monoisotopic (exact) mass is 339 g/mol. The summed E-state index contributed by atoms with van der Waals surface area (Å²) in [6.45, 7) is 0. The molecule has 110 valence electrons. The highest BCUT2D eigenvalue weighted by atomic mass is 35.5. The molecule has 1 aliphatic heterocycles. The first kappa shape index (κ1) is 15.6. The highest BCUT2D eigenvalue weighted by molar-refractivity contribution is 7.86. The van der Waals surface area contributed by atoms with Crippen LogP contribution in [0.4, 0.5) is 0 Å². The molecule has 1 heterocycles. The van der Waals surface area contributed by atoms with Crippen molar-refractivity contribution < 1.29 is 26.2 Å². The van der Waals surface area contributed by atoms with Crippen molar-refractivity contribution in [3.8, 4) is 0 Å². The summed E-state index contributed by atoms with van der Waals surface area (Å²) >= 11 is 5.85. The first-order chi connectivity index (χ1) is 9.31. The lowest BCUT2D eigenvalue weighted by Gasteiger charge is -2.19. The van der Waals surface area contributed by atoms with Gasteiger partial charge in [-0.25, -0.2) is 4.18 Å². The number of benzene rings is 1. The number of halogens is 1. The highest BCUT2D eigenvalue weighted by Gasteiger charge is 2.47. The molecule has 20 heavy (non-hydrogen) atoms. The van der Waals surface area contributed by atoms with Crippen LogP contribution in [0.15, 0.2) is 28.7 Å². The number of nitrogens with zero attached hydrogens (tertiary/aromatic N) is 1. The summed E-state index contributed by atoms with van der Waals surface area (Å²) in [6, 6.07) is 6.26. The Balaban J connectivity index is 2.55. The summed E-state index contributed by atoms with van der Waals surface area (Å²) in [5, 5.41) is 0.373. The van der Waals surface area contributed by atoms with Crippen LogP contribution in [0.3, 0.4) is 0 Å². The maximum absolute atomic E-state index is 12.4. The minimum absolute atomic E-state index is 0.0699. The van der Waals surface area contributed by atoms with E-state index in [0.29, 0.717) is 10.6 Å². The fourth-order valence-electron chi connectivity index (χ4n) is 1.66. The van der Waals surface area contributed by atoms with Gasteiger partial charge < -0.3 is 9.05 Å². The summed E-state index contributed by atoms with van der Waals surface area (Å²) < 4.78 is 53.1. The molecule has 7 nitrogen and oxygen atoms in total. The molecule has 10 heteroatoms. The zero-order chi connectivity index (χ0) is 15.0. The summed E-state index contributed by atoms with van der Waals surface area (Å²) in [4.78, 5) is 0. The topological polar surface area (TPSA) is 91.3 Å². The summed E-state index contributed by atoms with van der Waals surface area (Å²) in [5.41, 5.74) is 0.289. The van der Waals surface area contributed by atoms with Crippen LogP contribution < -0.4 is 0 Å². The van der Waals surface area contributed by atoms with Crippen LogP contribution in [-0.4, -0.2) is 34.2 Å². The Bertz CT molecular complexity index is 695. The molecule has 1 unspecified atom stereocenters. The second kappa shape index (κ2) is 5.55. The SMILES string of the molecule is COP(=O)(OC)C1OS(=O)(=O)N=C1c1cccc(Cl)c1. The van der Waals surface area contributed by atoms with E-state index in [4.69, 9.17) is 24.8 Å². The van der Waals surface area contributed by atoms with Crippen molar-refractivity contribution in [3.63, 3.8) is 0 Å². The second-order valence-electron chi connectivity index (χ2n) is 3.77. The van der Waals surface area contributed by atoms with E-state index >= 15 is 0 Å². The summed E-state index contributed by atoms with van der Waals surface area (Å²) in [6.07, 6.45) is 0. The van der Waals surface area contributed by atoms with Gasteiger partial charge in [0.1, 0.15) is 5.71 Å². The third kappa shape index (κ3) is 2.95. The predicted molar refractivity (Wildman–Crippen MR) is 73.4 cm³/mol. The van der Waals surface area contributed by atoms with Crippen LogP contribution in [0, 0.1) is 0 Å². The number of hydrogen-bond donors (Lipinski definition) is 0. The van der Waals surface area contributed by atoms with Crippen molar-refractivity contribution in [2.75, 3.05) is 14.2 Å². The van der Waals surface area contributed by atoms with Crippen LogP contribution in [0.5, 0.6) is 0 Å². The van der Waals surface area contributed by atoms with E-state index < -0.39 is 23.7 Å². The molecule has 0 amide bonds. The molecule has 0 N–H and O–H groups in total. The van der Waals surface area contributed by atoms with Gasteiger partial charge in [-0.05, 0) is 12.1 Å². The second-order valence-corrected chi connectivity index (χ2v) is 7.71. The van der Waals surface area contributed by atoms with Crippen molar-refractivity contribution in [2.24, 2.45) is 4.40 Å². The maximum atomic E-state index is 12.4. The third-order valence-corrected chi connectivity index (χ3v) is 5.75. The van der Waals surface area contributed by atoms with Gasteiger partial charge in [0.05, 0.1) is 0 Å². The largest absolute Gasteiger partial charge is 0.382 e. The van der Waals surface area contributed by atoms with E-state index in [1.807, 2.05) is 0 Å². The minimum atomic E-state index is -4.20. The lowest BCUT2D eigenvalue weighted by Crippen LogP contribution is -2.22. The molecule has 2 rings (SSSR count). The quantitative estimate of drug-likeness (QED) is 0.781. The van der Waals surface area contributed by atoms with Crippen molar-refractivity contribution >= 4 is 35.2 Å². The zero-order valence-electron chi connectivity index (χ0n) is 10.5. The molecule has 0 aliphatic carbocycles. The Morgan fingerprint density at radius 1 is 1.35 bits per heavy atom. The van der Waals surface area contributed by atoms with Gasteiger partial charge >= 0.3 is 17.9 Å². The van der Waals surface area contributed by atoms with Gasteiger partial charge in [-0.3, -0.25) is 4.57 Å². The van der Waals surface area contributed by atoms with E-state index in [2.05, 4.69) is 4.40 Å². The molecule has 1 aromatic rings. The molecule has 1 atom stereocenters. The smallest absolute Gasteiger partial charge is 0.310 e. The Labute approximate surface area is 121 Å². The number of hydrogen-bond acceptors (Lipinski definition) is 6. The van der Waals surface area contributed by atoms with Crippen molar-refractivity contribution in [1.82, 2.24) is 0 Å². The maximum Gasteiger partial charge on any atom is 0.382 e. The molecule has 1 aromatic carbocycles. The van der Waals surface area contributed by atoms with Gasteiger partial charge in [0, 0.05) is 24.8 Å². The minimum Gasteiger partial charge on any atom is -0.310 e. The standard InChI is InChI=1S/C10H11ClNO6PS/c1-16-19(13,17-2)10-9(12-20(14,15)18-10)7-4-3-5-8(11)6-7/h3-6,10H,1-2H3. The average Bonchev–Trinajstić information content (AvgIpc) is 2.74. The molecule has 0 aromatic heterocycles. The zero-order valence-corrected chi connectivity index (χ0v) is 13.0. The van der Waals surface area contributed by atoms with Crippen molar-refractivity contribution in [1.29, 1.82) is 0 Å². The van der Waals surface area contributed by atoms with Gasteiger partial charge in [0.15, 0.2) is 0 Å². The van der Waals surface area contributed by atoms with E-state index in [-0.39, 0.29) is 5.71 Å². The van der Waals surface area contributed by atoms with Crippen LogP contribution in [0.2, 0.25) is 5.02 Å². The van der Waals surface area contributed by atoms with E-state index in [1.165, 1.54) is 6.07 Å². The average molecular weight is 340 g/mol. The van der Waals surface area contributed by atoms with Crippen molar-refractivity contribution in [2.45, 2.75) is 5.85 Å². The molecule has 1 aliphatic rings. The molecular weight excluding hydrogens is 329 g/mol. The predicted octanol–water partition coefficient (Wildman–Crippen LogP) is 2.22. The molecular formula is C10H11ClNO6PS. The molecule has 0 bridgehead atoms. The molecule has 0 fully saturated rings. The Morgan fingerprint density at radius 2 is 2.00 bits per heavy atom. The summed E-state index contributed by atoms with van der Waals surface area (Å²) in [7, 11) is -5.75. The van der Waals surface area contributed by atoms with Crippen molar-refractivity contribution in [3.05, 3.63) is 34.9 Å². The van der Waals surface area contributed by atoms with E-state index in [1.54, 1.807) is 18.2 Å². The molecule has 0 spiro atoms. The van der Waals surface area contributed by atoms with Gasteiger partial charge in [0.2, 0.25) is 5.85 Å². The molecule has 0 saturated carbocycles. The lowest BCUT2D eigenvalue weighted by atomic mass is 10.1. The van der Waals surface area contributed by atoms with Gasteiger partial charge in [0.25, 0.3) is 0 Å². The Morgan fingerprint density at radius 3 is 2.55 bits per heavy atom. The lowest BCUT2D eigenvalue weighted by molar-refractivity contribution is 0.227. The highest BCUT2D eigenvalue weighted by Crippen LogP contribution is 2.55. The van der Waals surface area contributed by atoms with Gasteiger partial charge in [-0.1, -0.05) is 23.7 Å². The fourth-order valence-corrected chi connectivity index (χ4v) is 4.52. The fraction of sp³-hybridized carbons (Fsp3) is 0.300. The van der Waals surface area contributed by atoms with Crippen LogP contribution in [-0.2, 0) is 28.1 Å². The van der Waals surface area contributed by atoms with Crippen LogP contribution in [0.1, 0.15) is 5.56 Å². The van der Waals surface area contributed by atoms with Gasteiger partial charge in [-0.2, -0.15) is 8.42 Å². The Kier molecular flexibility index (Phi) is 4.34. The first-order valence-corrected chi connectivity index (χ1v) is 8.67. The third-order valence-electron chi connectivity index (χ3n) is 2.57. The normalized spacial score (nSPS) is 21.8. The Hall–Kier alpha value is -0.760. The first-order valence-electron chi connectivity index (χ1n) is 5.31. The molecule has 0 radical (unpaired) electrons. The number of rotatable bonds is 4. The van der Waals surface area contributed by atoms with E-state index in [0.717, 1.165) is 14.2 Å².